The van der Waals surface area contributed by atoms with Gasteiger partial charge in [0.15, 0.2) is 0 Å². The zero-order valence-electron chi connectivity index (χ0n) is 8.59. The molecule has 0 rings (SSSR count). The number of hydrogen-bond acceptors (Lipinski definition) is 3. The molecule has 0 aliphatic heterocycles. The van der Waals surface area contributed by atoms with E-state index in [0.29, 0.717) is 13.2 Å². The fraction of sp³-hybridized carbons (Fsp3) is 1.00. The third-order valence-corrected chi connectivity index (χ3v) is 2.45. The number of rotatable bonds is 5. The molecular formula is C8H19O3P. The van der Waals surface area contributed by atoms with Crippen LogP contribution in [0.5, 0.6) is 0 Å². The first-order valence-corrected chi connectivity index (χ1v) is 5.34. The van der Waals surface area contributed by atoms with Crippen molar-refractivity contribution in [2.45, 2.75) is 40.2 Å². The van der Waals surface area contributed by atoms with Crippen LogP contribution >= 0.6 is 8.60 Å². The van der Waals surface area contributed by atoms with Gasteiger partial charge in [-0.2, -0.15) is 0 Å². The highest BCUT2D eigenvalue weighted by Gasteiger charge is 2.20. The molecule has 12 heavy (non-hydrogen) atoms. The van der Waals surface area contributed by atoms with Gasteiger partial charge in [-0.25, -0.2) is 0 Å². The summed E-state index contributed by atoms with van der Waals surface area (Å²) in [6.07, 6.45) is 0. The molecule has 0 bridgehead atoms. The Morgan fingerprint density at radius 3 is 1.67 bits per heavy atom. The molecule has 0 heterocycles. The van der Waals surface area contributed by atoms with Crippen LogP contribution in [-0.2, 0) is 13.6 Å². The number of hydrogen-bond donors (Lipinski definition) is 0. The predicted molar refractivity (Wildman–Crippen MR) is 51.0 cm³/mol. The van der Waals surface area contributed by atoms with E-state index in [0.717, 1.165) is 0 Å². The molecular weight excluding hydrogens is 175 g/mol. The van der Waals surface area contributed by atoms with E-state index >= 15 is 0 Å². The van der Waals surface area contributed by atoms with Crippen LogP contribution in [0.15, 0.2) is 0 Å². The summed E-state index contributed by atoms with van der Waals surface area (Å²) in [6, 6.07) is 0. The first-order chi connectivity index (χ1) is 5.49. The van der Waals surface area contributed by atoms with E-state index in [1.807, 2.05) is 34.6 Å². The van der Waals surface area contributed by atoms with Crippen molar-refractivity contribution >= 4 is 8.60 Å². The molecule has 0 aromatic rings. The highest BCUT2D eigenvalue weighted by atomic mass is 31.2. The van der Waals surface area contributed by atoms with Crippen LogP contribution in [0.2, 0.25) is 0 Å². The molecule has 0 saturated heterocycles. The van der Waals surface area contributed by atoms with Crippen molar-refractivity contribution in [3.05, 3.63) is 0 Å². The van der Waals surface area contributed by atoms with Crippen molar-refractivity contribution in [2.75, 3.05) is 13.2 Å². The minimum Gasteiger partial charge on any atom is -0.313 e. The van der Waals surface area contributed by atoms with Crippen LogP contribution in [0.25, 0.3) is 0 Å². The molecule has 0 spiro atoms. The van der Waals surface area contributed by atoms with Crippen LogP contribution in [-0.4, -0.2) is 18.8 Å². The van der Waals surface area contributed by atoms with Gasteiger partial charge in [-0.15, -0.1) is 0 Å². The topological polar surface area (TPSA) is 27.7 Å². The van der Waals surface area contributed by atoms with Gasteiger partial charge in [0.2, 0.25) is 0 Å². The maximum Gasteiger partial charge on any atom is 0.333 e. The van der Waals surface area contributed by atoms with E-state index in [1.54, 1.807) is 0 Å². The van der Waals surface area contributed by atoms with Gasteiger partial charge < -0.3 is 13.6 Å². The van der Waals surface area contributed by atoms with Gasteiger partial charge in [-0.3, -0.25) is 0 Å². The van der Waals surface area contributed by atoms with Crippen molar-refractivity contribution in [3.63, 3.8) is 0 Å². The SMILES string of the molecule is CCOP(OCC)OC(C)(C)C. The molecule has 3 nitrogen and oxygen atoms in total. The van der Waals surface area contributed by atoms with E-state index in [4.69, 9.17) is 13.6 Å². The minimum atomic E-state index is -1.15. The summed E-state index contributed by atoms with van der Waals surface area (Å²) in [7, 11) is -1.15. The molecule has 0 radical (unpaired) electrons. The summed E-state index contributed by atoms with van der Waals surface area (Å²) in [5.74, 6) is 0. The second-order valence-electron chi connectivity index (χ2n) is 3.26. The van der Waals surface area contributed by atoms with Crippen molar-refractivity contribution in [1.82, 2.24) is 0 Å². The lowest BCUT2D eigenvalue weighted by atomic mass is 10.2. The summed E-state index contributed by atoms with van der Waals surface area (Å²) in [4.78, 5) is 0. The van der Waals surface area contributed by atoms with Crippen molar-refractivity contribution in [1.29, 1.82) is 0 Å². The molecule has 0 atom stereocenters. The van der Waals surface area contributed by atoms with Gasteiger partial charge in [-0.05, 0) is 34.6 Å². The Bertz CT molecular complexity index is 105. The summed E-state index contributed by atoms with van der Waals surface area (Å²) >= 11 is 0. The van der Waals surface area contributed by atoms with Crippen molar-refractivity contribution in [3.8, 4) is 0 Å². The molecule has 0 saturated carbocycles. The summed E-state index contributed by atoms with van der Waals surface area (Å²) in [5.41, 5.74) is -0.198. The molecule has 74 valence electrons. The van der Waals surface area contributed by atoms with E-state index in [-0.39, 0.29) is 5.60 Å². The summed E-state index contributed by atoms with van der Waals surface area (Å²) in [6.45, 7) is 11.1. The lowest BCUT2D eigenvalue weighted by Gasteiger charge is -2.24. The fourth-order valence-corrected chi connectivity index (χ4v) is 1.57. The normalized spacial score (nSPS) is 12.5. The van der Waals surface area contributed by atoms with Crippen molar-refractivity contribution in [2.24, 2.45) is 0 Å². The molecule has 0 aromatic carbocycles. The maximum atomic E-state index is 5.54. The van der Waals surface area contributed by atoms with E-state index in [2.05, 4.69) is 0 Å². The van der Waals surface area contributed by atoms with Gasteiger partial charge in [0.05, 0.1) is 18.8 Å². The first kappa shape index (κ1) is 12.3. The van der Waals surface area contributed by atoms with Crippen LogP contribution in [0.1, 0.15) is 34.6 Å². The van der Waals surface area contributed by atoms with Crippen LogP contribution in [0, 0.1) is 0 Å². The monoisotopic (exact) mass is 194 g/mol. The third-order valence-electron chi connectivity index (χ3n) is 0.817. The zero-order valence-corrected chi connectivity index (χ0v) is 9.48. The Hall–Kier alpha value is 0.310. The molecule has 0 unspecified atom stereocenters. The molecule has 0 amide bonds. The minimum absolute atomic E-state index is 0.198. The van der Waals surface area contributed by atoms with Crippen molar-refractivity contribution < 1.29 is 13.6 Å². The van der Waals surface area contributed by atoms with Gasteiger partial charge in [0.1, 0.15) is 0 Å². The predicted octanol–water partition coefficient (Wildman–Crippen LogP) is 3.10. The molecule has 0 N–H and O–H groups in total. The Balaban J connectivity index is 3.77. The molecule has 0 aromatic heterocycles. The smallest absolute Gasteiger partial charge is 0.313 e. The van der Waals surface area contributed by atoms with E-state index < -0.39 is 8.60 Å². The maximum absolute atomic E-state index is 5.54. The zero-order chi connectivity index (χ0) is 9.61. The standard InChI is InChI=1S/C8H19O3P/c1-6-9-12(10-7-2)11-8(3,4)5/h6-7H2,1-5H3. The van der Waals surface area contributed by atoms with E-state index in [1.165, 1.54) is 0 Å². The van der Waals surface area contributed by atoms with Crippen LogP contribution in [0.4, 0.5) is 0 Å². The molecule has 0 aliphatic rings. The molecule has 0 fully saturated rings. The largest absolute Gasteiger partial charge is 0.333 e. The quantitative estimate of drug-likeness (QED) is 0.629. The Morgan fingerprint density at radius 1 is 1.00 bits per heavy atom. The molecule has 0 aliphatic carbocycles. The van der Waals surface area contributed by atoms with Gasteiger partial charge in [0, 0.05) is 0 Å². The first-order valence-electron chi connectivity index (χ1n) is 4.24. The van der Waals surface area contributed by atoms with Gasteiger partial charge in [-0.1, -0.05) is 0 Å². The Kier molecular flexibility index (Phi) is 6.02. The highest BCUT2D eigenvalue weighted by Crippen LogP contribution is 2.43. The van der Waals surface area contributed by atoms with Gasteiger partial charge in [0.25, 0.3) is 0 Å². The highest BCUT2D eigenvalue weighted by molar-refractivity contribution is 7.41. The lowest BCUT2D eigenvalue weighted by Crippen LogP contribution is -2.17. The van der Waals surface area contributed by atoms with E-state index in [9.17, 15) is 0 Å². The van der Waals surface area contributed by atoms with Gasteiger partial charge >= 0.3 is 8.60 Å². The third kappa shape index (κ3) is 6.99. The second kappa shape index (κ2) is 5.87. The Morgan fingerprint density at radius 2 is 1.42 bits per heavy atom. The average Bonchev–Trinajstić information content (AvgIpc) is 1.84. The summed E-state index contributed by atoms with van der Waals surface area (Å²) < 4.78 is 16.1. The summed E-state index contributed by atoms with van der Waals surface area (Å²) in [5, 5.41) is 0. The van der Waals surface area contributed by atoms with Crippen LogP contribution < -0.4 is 0 Å². The lowest BCUT2D eigenvalue weighted by molar-refractivity contribution is 0.0790. The fourth-order valence-electron chi connectivity index (χ4n) is 0.524. The van der Waals surface area contributed by atoms with Crippen LogP contribution in [0.3, 0.4) is 0 Å². The Labute approximate surface area is 76.4 Å². The average molecular weight is 194 g/mol. The molecule has 4 heteroatoms. The second-order valence-corrected chi connectivity index (χ2v) is 4.41.